The molecule has 0 aromatic heterocycles. The first kappa shape index (κ1) is 23.9. The molecule has 2 N–H and O–H groups in total. The maximum Gasteiger partial charge on any atom is 0.261 e. The number of hydrogen-bond donors (Lipinski definition) is 2. The third-order valence-corrected chi connectivity index (χ3v) is 6.83. The number of hydrogen-bond acceptors (Lipinski definition) is 4. The van der Waals surface area contributed by atoms with Crippen LogP contribution < -0.4 is 10.0 Å². The highest BCUT2D eigenvalue weighted by atomic mass is 32.2. The summed E-state index contributed by atoms with van der Waals surface area (Å²) in [5.74, 6) is -0.767. The first-order chi connectivity index (χ1) is 16.7. The molecule has 176 valence electrons. The van der Waals surface area contributed by atoms with Crippen molar-refractivity contribution < 1.29 is 18.0 Å². The first-order valence-electron chi connectivity index (χ1n) is 10.9. The van der Waals surface area contributed by atoms with Gasteiger partial charge in [0.05, 0.1) is 21.8 Å². The number of ketones is 1. The van der Waals surface area contributed by atoms with Gasteiger partial charge in [-0.25, -0.2) is 8.42 Å². The number of para-hydroxylation sites is 1. The molecule has 6 nitrogen and oxygen atoms in total. The third kappa shape index (κ3) is 5.47. The lowest BCUT2D eigenvalue weighted by Gasteiger charge is -2.15. The van der Waals surface area contributed by atoms with Crippen LogP contribution in [0.2, 0.25) is 0 Å². The van der Waals surface area contributed by atoms with Crippen molar-refractivity contribution in [3.05, 3.63) is 125 Å². The van der Waals surface area contributed by atoms with Crippen molar-refractivity contribution in [1.82, 2.24) is 0 Å². The highest BCUT2D eigenvalue weighted by molar-refractivity contribution is 7.92. The van der Waals surface area contributed by atoms with E-state index in [1.165, 1.54) is 24.3 Å². The fourth-order valence-corrected chi connectivity index (χ4v) is 4.66. The van der Waals surface area contributed by atoms with E-state index >= 15 is 0 Å². The molecule has 7 heteroatoms. The summed E-state index contributed by atoms with van der Waals surface area (Å²) in [6.07, 6.45) is 0. The molecule has 0 heterocycles. The second-order valence-corrected chi connectivity index (χ2v) is 9.84. The van der Waals surface area contributed by atoms with Gasteiger partial charge in [-0.15, -0.1) is 0 Å². The van der Waals surface area contributed by atoms with Crippen LogP contribution in [0.5, 0.6) is 0 Å². The quantitative estimate of drug-likeness (QED) is 0.335. The maximum absolute atomic E-state index is 13.2. The van der Waals surface area contributed by atoms with Gasteiger partial charge in [0.1, 0.15) is 0 Å². The summed E-state index contributed by atoms with van der Waals surface area (Å²) in [7, 11) is -3.91. The van der Waals surface area contributed by atoms with Gasteiger partial charge in [0.25, 0.3) is 15.9 Å². The van der Waals surface area contributed by atoms with E-state index < -0.39 is 15.9 Å². The number of sulfonamides is 1. The summed E-state index contributed by atoms with van der Waals surface area (Å²) in [5.41, 5.74) is 3.25. The largest absolute Gasteiger partial charge is 0.321 e. The molecular formula is C28H24N2O4S. The molecule has 0 saturated heterocycles. The molecule has 4 aromatic carbocycles. The van der Waals surface area contributed by atoms with Gasteiger partial charge in [0.15, 0.2) is 5.78 Å². The number of rotatable bonds is 7. The van der Waals surface area contributed by atoms with E-state index in [2.05, 4.69) is 10.0 Å². The van der Waals surface area contributed by atoms with E-state index in [0.29, 0.717) is 16.8 Å². The lowest BCUT2D eigenvalue weighted by molar-refractivity contribution is 0.102. The van der Waals surface area contributed by atoms with Gasteiger partial charge in [-0.2, -0.15) is 0 Å². The summed E-state index contributed by atoms with van der Waals surface area (Å²) in [6, 6.07) is 26.7. The molecule has 1 amide bonds. The zero-order chi connectivity index (χ0) is 25.0. The molecule has 35 heavy (non-hydrogen) atoms. The third-order valence-electron chi connectivity index (χ3n) is 5.45. The number of anilines is 2. The molecule has 0 radical (unpaired) electrons. The molecule has 0 aliphatic carbocycles. The van der Waals surface area contributed by atoms with Crippen LogP contribution in [0.4, 0.5) is 11.4 Å². The molecular weight excluding hydrogens is 460 g/mol. The molecule has 4 aromatic rings. The first-order valence-corrected chi connectivity index (χ1v) is 12.4. The van der Waals surface area contributed by atoms with Gasteiger partial charge in [-0.3, -0.25) is 14.3 Å². The van der Waals surface area contributed by atoms with Crippen molar-refractivity contribution in [2.75, 3.05) is 10.0 Å². The normalized spacial score (nSPS) is 11.0. The SMILES string of the molecule is Cc1ccc(S(=O)(=O)Nc2ccccc2C(=O)Nc2ccc(C)cc2C(=O)c2ccccc2)cc1. The highest BCUT2D eigenvalue weighted by Gasteiger charge is 2.21. The Morgan fingerprint density at radius 1 is 0.657 bits per heavy atom. The Hall–Kier alpha value is -4.23. The number of aryl methyl sites for hydroxylation is 2. The average Bonchev–Trinajstić information content (AvgIpc) is 2.85. The van der Waals surface area contributed by atoms with E-state index in [1.807, 2.05) is 19.9 Å². The van der Waals surface area contributed by atoms with Crippen LogP contribution in [-0.2, 0) is 10.0 Å². The minimum Gasteiger partial charge on any atom is -0.321 e. The van der Waals surface area contributed by atoms with Crippen molar-refractivity contribution in [2.24, 2.45) is 0 Å². The summed E-state index contributed by atoms with van der Waals surface area (Å²) in [6.45, 7) is 3.73. The topological polar surface area (TPSA) is 92.3 Å². The van der Waals surface area contributed by atoms with Crippen LogP contribution in [0.15, 0.2) is 102 Å². The van der Waals surface area contributed by atoms with Crippen molar-refractivity contribution in [3.8, 4) is 0 Å². The van der Waals surface area contributed by atoms with Crippen molar-refractivity contribution in [2.45, 2.75) is 18.7 Å². The highest BCUT2D eigenvalue weighted by Crippen LogP contribution is 2.25. The van der Waals surface area contributed by atoms with E-state index in [0.717, 1.165) is 11.1 Å². The van der Waals surface area contributed by atoms with Crippen LogP contribution in [0.3, 0.4) is 0 Å². The smallest absolute Gasteiger partial charge is 0.261 e. The zero-order valence-corrected chi connectivity index (χ0v) is 20.1. The molecule has 0 aliphatic rings. The van der Waals surface area contributed by atoms with Gasteiger partial charge < -0.3 is 5.32 Å². The Bertz CT molecular complexity index is 1500. The monoisotopic (exact) mass is 484 g/mol. The average molecular weight is 485 g/mol. The predicted molar refractivity (Wildman–Crippen MR) is 137 cm³/mol. The fourth-order valence-electron chi connectivity index (χ4n) is 3.58. The van der Waals surface area contributed by atoms with Crippen molar-refractivity contribution in [3.63, 3.8) is 0 Å². The Balaban J connectivity index is 1.64. The molecule has 4 rings (SSSR count). The summed E-state index contributed by atoms with van der Waals surface area (Å²) in [4.78, 5) is 26.5. The van der Waals surface area contributed by atoms with Crippen molar-refractivity contribution in [1.29, 1.82) is 0 Å². The summed E-state index contributed by atoms with van der Waals surface area (Å²) in [5, 5.41) is 2.78. The number of nitrogens with one attached hydrogen (secondary N) is 2. The molecule has 0 atom stereocenters. The Morgan fingerprint density at radius 3 is 2.00 bits per heavy atom. The van der Waals surface area contributed by atoms with E-state index in [-0.39, 0.29) is 21.9 Å². The Labute approximate surface area is 204 Å². The van der Waals surface area contributed by atoms with E-state index in [4.69, 9.17) is 0 Å². The summed E-state index contributed by atoms with van der Waals surface area (Å²) >= 11 is 0. The zero-order valence-electron chi connectivity index (χ0n) is 19.3. The second kappa shape index (κ2) is 9.95. The molecule has 0 spiro atoms. The lowest BCUT2D eigenvalue weighted by atomic mass is 9.99. The number of amides is 1. The minimum absolute atomic E-state index is 0.0904. The van der Waals surface area contributed by atoms with Gasteiger partial charge in [0, 0.05) is 11.1 Å². The van der Waals surface area contributed by atoms with Crippen molar-refractivity contribution >= 4 is 33.1 Å². The molecule has 0 saturated carbocycles. The van der Waals surface area contributed by atoms with Crippen LogP contribution in [0.1, 0.15) is 37.4 Å². The maximum atomic E-state index is 13.2. The van der Waals surface area contributed by atoms with Crippen LogP contribution in [-0.4, -0.2) is 20.1 Å². The molecule has 0 unspecified atom stereocenters. The van der Waals surface area contributed by atoms with Crippen LogP contribution >= 0.6 is 0 Å². The standard InChI is InChI=1S/C28H24N2O4S/c1-19-12-15-22(16-13-19)35(33,34)30-26-11-7-6-10-23(26)28(32)29-25-17-14-20(2)18-24(25)27(31)21-8-4-3-5-9-21/h3-18,30H,1-2H3,(H,29,32). The summed E-state index contributed by atoms with van der Waals surface area (Å²) < 4.78 is 28.3. The Kier molecular flexibility index (Phi) is 6.80. The molecule has 0 bridgehead atoms. The number of carbonyl (C=O) groups is 2. The van der Waals surface area contributed by atoms with Gasteiger partial charge >= 0.3 is 0 Å². The Morgan fingerprint density at radius 2 is 1.29 bits per heavy atom. The van der Waals surface area contributed by atoms with Gasteiger partial charge in [0.2, 0.25) is 0 Å². The van der Waals surface area contributed by atoms with Gasteiger partial charge in [-0.1, -0.05) is 71.8 Å². The van der Waals surface area contributed by atoms with E-state index in [9.17, 15) is 18.0 Å². The molecule has 0 aliphatic heterocycles. The lowest BCUT2D eigenvalue weighted by Crippen LogP contribution is -2.19. The van der Waals surface area contributed by atoms with E-state index in [1.54, 1.807) is 66.7 Å². The van der Waals surface area contributed by atoms with Crippen LogP contribution in [0, 0.1) is 13.8 Å². The number of carbonyl (C=O) groups excluding carboxylic acids is 2. The fraction of sp³-hybridized carbons (Fsp3) is 0.0714. The second-order valence-electron chi connectivity index (χ2n) is 8.16. The predicted octanol–water partition coefficient (Wildman–Crippen LogP) is 5.59. The minimum atomic E-state index is -3.91. The number of benzene rings is 4. The van der Waals surface area contributed by atoms with Crippen LogP contribution in [0.25, 0.3) is 0 Å². The molecule has 0 fully saturated rings. The van der Waals surface area contributed by atoms with Gasteiger partial charge in [-0.05, 0) is 50.2 Å².